The predicted molar refractivity (Wildman–Crippen MR) is 158 cm³/mol. The summed E-state index contributed by atoms with van der Waals surface area (Å²) in [6.45, 7) is 21.1. The summed E-state index contributed by atoms with van der Waals surface area (Å²) in [5.41, 5.74) is -1.91. The Hall–Kier alpha value is -0.610. The Labute approximate surface area is 248 Å². The van der Waals surface area contributed by atoms with E-state index in [1.807, 2.05) is 55.4 Å². The zero-order valence-electron chi connectivity index (χ0n) is 27.5. The summed E-state index contributed by atoms with van der Waals surface area (Å²) < 4.78 is 19.2. The third kappa shape index (κ3) is 5.93. The zero-order valence-corrected chi connectivity index (χ0v) is 27.5. The van der Waals surface area contributed by atoms with Gasteiger partial charge in [0.2, 0.25) is 0 Å². The molecule has 0 aromatic heterocycles. The first-order valence-electron chi connectivity index (χ1n) is 16.3. The topological polar surface area (TPSA) is 126 Å². The minimum atomic E-state index is -1.61. The molecule has 3 rings (SSSR count). The second-order valence-electron chi connectivity index (χ2n) is 14.4. The van der Waals surface area contributed by atoms with Crippen LogP contribution >= 0.6 is 0 Å². The Morgan fingerprint density at radius 2 is 1.49 bits per heavy atom. The lowest BCUT2D eigenvalue weighted by molar-refractivity contribution is -0.331. The summed E-state index contributed by atoms with van der Waals surface area (Å²) >= 11 is 0. The molecule has 0 saturated carbocycles. The molecule has 8 nitrogen and oxygen atoms in total. The van der Waals surface area contributed by atoms with Crippen molar-refractivity contribution < 1.29 is 39.4 Å². The van der Waals surface area contributed by atoms with E-state index in [1.54, 1.807) is 13.8 Å². The Morgan fingerprint density at radius 3 is 1.98 bits per heavy atom. The van der Waals surface area contributed by atoms with Gasteiger partial charge >= 0.3 is 0 Å². The van der Waals surface area contributed by atoms with Crippen molar-refractivity contribution in [2.45, 2.75) is 162 Å². The summed E-state index contributed by atoms with van der Waals surface area (Å²) in [4.78, 5) is 14.0. The van der Waals surface area contributed by atoms with E-state index >= 15 is 0 Å². The first-order chi connectivity index (χ1) is 18.9. The van der Waals surface area contributed by atoms with E-state index in [0.717, 1.165) is 6.42 Å². The highest BCUT2D eigenvalue weighted by Gasteiger charge is 2.66. The van der Waals surface area contributed by atoms with Crippen molar-refractivity contribution >= 4 is 5.78 Å². The van der Waals surface area contributed by atoms with Crippen LogP contribution in [0.4, 0.5) is 0 Å². The van der Waals surface area contributed by atoms with Gasteiger partial charge in [-0.25, -0.2) is 0 Å². The van der Waals surface area contributed by atoms with Crippen molar-refractivity contribution in [2.24, 2.45) is 41.4 Å². The second kappa shape index (κ2) is 12.4. The van der Waals surface area contributed by atoms with Crippen LogP contribution in [0.25, 0.3) is 0 Å². The number of rotatable bonds is 11. The van der Waals surface area contributed by atoms with Crippen LogP contribution in [-0.4, -0.2) is 73.4 Å². The molecule has 0 amide bonds. The van der Waals surface area contributed by atoms with E-state index in [2.05, 4.69) is 6.92 Å². The van der Waals surface area contributed by atoms with Gasteiger partial charge in [-0.05, 0) is 64.2 Å². The summed E-state index contributed by atoms with van der Waals surface area (Å²) in [7, 11) is 0. The van der Waals surface area contributed by atoms with Crippen LogP contribution in [0.3, 0.4) is 0 Å². The SMILES string of the molecule is CCC(C(=O)C(C)C(O)C(C)C1OC(O)(CC)C(C)CC1C)C1OC(C)(C2(O)OC(CC)(C(C)O)CC2C)CC1C. The molecule has 3 aliphatic heterocycles. The van der Waals surface area contributed by atoms with Crippen LogP contribution in [-0.2, 0) is 19.0 Å². The fourth-order valence-electron chi connectivity index (χ4n) is 8.56. The minimum absolute atomic E-state index is 0.00797. The molecule has 0 aromatic carbocycles. The second-order valence-corrected chi connectivity index (χ2v) is 14.4. The molecule has 3 aliphatic rings. The molecule has 240 valence electrons. The van der Waals surface area contributed by atoms with Gasteiger partial charge in [0, 0.05) is 29.6 Å². The average molecular weight is 585 g/mol. The Balaban J connectivity index is 1.78. The van der Waals surface area contributed by atoms with Gasteiger partial charge in [0.15, 0.2) is 11.6 Å². The van der Waals surface area contributed by atoms with Crippen LogP contribution in [0, 0.1) is 41.4 Å². The molecular weight excluding hydrogens is 524 g/mol. The zero-order chi connectivity index (χ0) is 31.3. The number of ketones is 1. The van der Waals surface area contributed by atoms with E-state index in [0.29, 0.717) is 32.1 Å². The molecule has 3 fully saturated rings. The lowest BCUT2D eigenvalue weighted by Gasteiger charge is -2.48. The standard InChI is InChI=1S/C33H60O8/c1-12-25(27(36)22(8)26(35)23(9)28-18(4)15-20(6)32(37,14-3)40-28)29-19(5)16-30(11,39-29)33(38)21(7)17-31(13-2,41-33)24(10)34/h18-26,28-29,34-35,37-38H,12-17H2,1-11H3. The van der Waals surface area contributed by atoms with Crippen LogP contribution in [0.1, 0.15) is 115 Å². The van der Waals surface area contributed by atoms with Crippen molar-refractivity contribution in [2.75, 3.05) is 0 Å². The fraction of sp³-hybridized carbons (Fsp3) is 0.970. The number of Topliss-reactive ketones (excluding diaryl/α,β-unsaturated/α-hetero) is 1. The van der Waals surface area contributed by atoms with Gasteiger partial charge in [0.25, 0.3) is 0 Å². The summed E-state index contributed by atoms with van der Waals surface area (Å²) in [6.07, 6.45) is 0.883. The van der Waals surface area contributed by atoms with Crippen LogP contribution in [0.15, 0.2) is 0 Å². The van der Waals surface area contributed by atoms with E-state index < -0.39 is 52.9 Å². The van der Waals surface area contributed by atoms with Gasteiger partial charge in [-0.15, -0.1) is 0 Å². The van der Waals surface area contributed by atoms with Gasteiger partial charge in [-0.3, -0.25) is 4.79 Å². The number of aliphatic hydroxyl groups is 4. The first-order valence-corrected chi connectivity index (χ1v) is 16.3. The highest BCUT2D eigenvalue weighted by Crippen LogP contribution is 2.55. The quantitative estimate of drug-likeness (QED) is 0.272. The third-order valence-corrected chi connectivity index (χ3v) is 11.6. The number of carbonyl (C=O) groups is 1. The summed E-state index contributed by atoms with van der Waals surface area (Å²) in [6, 6.07) is 0. The summed E-state index contributed by atoms with van der Waals surface area (Å²) in [5, 5.41) is 45.0. The van der Waals surface area contributed by atoms with Gasteiger partial charge in [0.05, 0.1) is 30.0 Å². The number of aliphatic hydroxyl groups excluding tert-OH is 2. The van der Waals surface area contributed by atoms with E-state index in [4.69, 9.17) is 14.2 Å². The van der Waals surface area contributed by atoms with E-state index in [1.165, 1.54) is 0 Å². The van der Waals surface area contributed by atoms with E-state index in [-0.39, 0.29) is 41.5 Å². The Bertz CT molecular complexity index is 912. The number of carbonyl (C=O) groups excluding carboxylic acids is 1. The third-order valence-electron chi connectivity index (χ3n) is 11.6. The molecule has 8 heteroatoms. The molecule has 3 heterocycles. The molecule has 0 aliphatic carbocycles. The van der Waals surface area contributed by atoms with Crippen LogP contribution in [0.2, 0.25) is 0 Å². The summed E-state index contributed by atoms with van der Waals surface area (Å²) in [5.74, 6) is -4.54. The Morgan fingerprint density at radius 1 is 0.878 bits per heavy atom. The molecule has 15 atom stereocenters. The largest absolute Gasteiger partial charge is 0.392 e. The average Bonchev–Trinajstić information content (AvgIpc) is 3.39. The van der Waals surface area contributed by atoms with Crippen molar-refractivity contribution in [3.05, 3.63) is 0 Å². The number of ether oxygens (including phenoxy) is 3. The van der Waals surface area contributed by atoms with Crippen LogP contribution in [0.5, 0.6) is 0 Å². The molecule has 0 bridgehead atoms. The maximum Gasteiger partial charge on any atom is 0.198 e. The lowest BCUT2D eigenvalue weighted by atomic mass is 9.73. The van der Waals surface area contributed by atoms with Gasteiger partial charge in [-0.2, -0.15) is 0 Å². The van der Waals surface area contributed by atoms with Gasteiger partial charge in [0.1, 0.15) is 11.4 Å². The lowest BCUT2D eigenvalue weighted by Crippen LogP contribution is -2.57. The normalized spacial score (nSPS) is 47.1. The molecule has 3 saturated heterocycles. The molecule has 0 spiro atoms. The smallest absolute Gasteiger partial charge is 0.198 e. The number of hydrogen-bond donors (Lipinski definition) is 4. The molecule has 15 unspecified atom stereocenters. The molecular formula is C33H60O8. The van der Waals surface area contributed by atoms with Gasteiger partial charge < -0.3 is 34.6 Å². The molecule has 0 radical (unpaired) electrons. The fourth-order valence-corrected chi connectivity index (χ4v) is 8.56. The van der Waals surface area contributed by atoms with Crippen molar-refractivity contribution in [1.29, 1.82) is 0 Å². The highest BCUT2D eigenvalue weighted by molar-refractivity contribution is 5.84. The highest BCUT2D eigenvalue weighted by atomic mass is 16.7. The van der Waals surface area contributed by atoms with Crippen molar-refractivity contribution in [3.63, 3.8) is 0 Å². The minimum Gasteiger partial charge on any atom is -0.392 e. The maximum atomic E-state index is 14.0. The van der Waals surface area contributed by atoms with Crippen LogP contribution < -0.4 is 0 Å². The molecule has 0 aromatic rings. The Kier molecular flexibility index (Phi) is 10.6. The molecule has 4 N–H and O–H groups in total. The van der Waals surface area contributed by atoms with Crippen molar-refractivity contribution in [3.8, 4) is 0 Å². The van der Waals surface area contributed by atoms with E-state index in [9.17, 15) is 25.2 Å². The first kappa shape index (κ1) is 34.9. The predicted octanol–water partition coefficient (Wildman–Crippen LogP) is 4.83. The van der Waals surface area contributed by atoms with Crippen molar-refractivity contribution in [1.82, 2.24) is 0 Å². The molecule has 41 heavy (non-hydrogen) atoms. The van der Waals surface area contributed by atoms with Gasteiger partial charge in [-0.1, -0.05) is 62.3 Å². The number of hydrogen-bond acceptors (Lipinski definition) is 8. The maximum absolute atomic E-state index is 14.0. The monoisotopic (exact) mass is 584 g/mol.